The molecule has 1 aromatic carbocycles. The molecule has 3 rings (SSSR count). The van der Waals surface area contributed by atoms with Gasteiger partial charge in [-0.05, 0) is 18.6 Å². The summed E-state index contributed by atoms with van der Waals surface area (Å²) in [4.78, 5) is 27.1. The summed E-state index contributed by atoms with van der Waals surface area (Å²) in [7, 11) is 1.58. The quantitative estimate of drug-likeness (QED) is 0.782. The van der Waals surface area contributed by atoms with Crippen LogP contribution in [0.5, 0.6) is 5.75 Å². The number of hydrogen-bond acceptors (Lipinski definition) is 3. The number of anilines is 1. The summed E-state index contributed by atoms with van der Waals surface area (Å²) in [5.41, 5.74) is 0.743. The lowest BCUT2D eigenvalue weighted by Crippen LogP contribution is -2.36. The summed E-state index contributed by atoms with van der Waals surface area (Å²) in [6.07, 6.45) is 1.08. The van der Waals surface area contributed by atoms with Crippen molar-refractivity contribution in [2.75, 3.05) is 18.6 Å². The number of hydrogen-bond donors (Lipinski definition) is 0. The Hall–Kier alpha value is -2.04. The second-order valence-corrected chi connectivity index (χ2v) is 4.48. The van der Waals surface area contributed by atoms with Crippen molar-refractivity contribution in [3.63, 3.8) is 0 Å². The van der Waals surface area contributed by atoms with E-state index in [1.807, 2.05) is 24.3 Å². The Balaban J connectivity index is 2.01. The summed E-state index contributed by atoms with van der Waals surface area (Å²) in [6.45, 7) is 0.182. The molecule has 0 aromatic heterocycles. The molecule has 0 bridgehead atoms. The predicted molar refractivity (Wildman–Crippen MR) is 65.2 cm³/mol. The standard InChI is InChI=1S/C13H14N2O3/c1-18-10-5-3-2-4-9(10)15-11-6-7-12(16)14(11)8-13(15)17/h2-5,11H,6-8H2,1H3. The average molecular weight is 246 g/mol. The molecule has 0 radical (unpaired) electrons. The van der Waals surface area contributed by atoms with Crippen LogP contribution in [0.4, 0.5) is 5.69 Å². The van der Waals surface area contributed by atoms with Gasteiger partial charge in [0.05, 0.1) is 12.8 Å². The van der Waals surface area contributed by atoms with Gasteiger partial charge >= 0.3 is 0 Å². The van der Waals surface area contributed by atoms with E-state index in [1.165, 1.54) is 0 Å². The highest BCUT2D eigenvalue weighted by Gasteiger charge is 2.45. The molecule has 0 spiro atoms. The lowest BCUT2D eigenvalue weighted by molar-refractivity contribution is -0.129. The topological polar surface area (TPSA) is 49.9 Å². The smallest absolute Gasteiger partial charge is 0.248 e. The zero-order chi connectivity index (χ0) is 12.7. The van der Waals surface area contributed by atoms with Crippen molar-refractivity contribution < 1.29 is 14.3 Å². The fraction of sp³-hybridized carbons (Fsp3) is 0.385. The van der Waals surface area contributed by atoms with Gasteiger partial charge in [0.15, 0.2) is 0 Å². The second-order valence-electron chi connectivity index (χ2n) is 4.48. The third-order valence-electron chi connectivity index (χ3n) is 3.51. The van der Waals surface area contributed by atoms with Crippen molar-refractivity contribution in [2.45, 2.75) is 19.0 Å². The van der Waals surface area contributed by atoms with Crippen LogP contribution in [-0.4, -0.2) is 36.5 Å². The first kappa shape index (κ1) is 11.1. The van der Waals surface area contributed by atoms with Crippen molar-refractivity contribution in [3.05, 3.63) is 24.3 Å². The van der Waals surface area contributed by atoms with Crippen LogP contribution in [0, 0.1) is 0 Å². The molecule has 5 nitrogen and oxygen atoms in total. The van der Waals surface area contributed by atoms with Gasteiger partial charge in [0, 0.05) is 6.42 Å². The lowest BCUT2D eigenvalue weighted by atomic mass is 10.2. The van der Waals surface area contributed by atoms with Crippen molar-refractivity contribution in [1.82, 2.24) is 4.90 Å². The number of carbonyl (C=O) groups excluding carboxylic acids is 2. The molecule has 0 N–H and O–H groups in total. The molecule has 5 heteroatoms. The van der Waals surface area contributed by atoms with E-state index in [0.29, 0.717) is 18.6 Å². The Morgan fingerprint density at radius 2 is 2.00 bits per heavy atom. The third kappa shape index (κ3) is 1.47. The molecule has 2 heterocycles. The number of rotatable bonds is 2. The normalized spacial score (nSPS) is 22.6. The van der Waals surface area contributed by atoms with E-state index in [9.17, 15) is 9.59 Å². The van der Waals surface area contributed by atoms with Gasteiger partial charge in [-0.15, -0.1) is 0 Å². The fourth-order valence-corrected chi connectivity index (χ4v) is 2.69. The van der Waals surface area contributed by atoms with E-state index >= 15 is 0 Å². The molecular formula is C13H14N2O3. The van der Waals surface area contributed by atoms with Crippen LogP contribution >= 0.6 is 0 Å². The molecule has 94 valence electrons. The molecule has 18 heavy (non-hydrogen) atoms. The maximum atomic E-state index is 12.1. The molecule has 0 saturated carbocycles. The van der Waals surface area contributed by atoms with E-state index in [1.54, 1.807) is 16.9 Å². The molecule has 1 unspecified atom stereocenters. The van der Waals surface area contributed by atoms with Gasteiger partial charge in [-0.2, -0.15) is 0 Å². The van der Waals surface area contributed by atoms with Crippen LogP contribution in [0.2, 0.25) is 0 Å². The van der Waals surface area contributed by atoms with Crippen LogP contribution in [0.15, 0.2) is 24.3 Å². The molecular weight excluding hydrogens is 232 g/mol. The molecule has 2 aliphatic heterocycles. The summed E-state index contributed by atoms with van der Waals surface area (Å²) in [5, 5.41) is 0. The summed E-state index contributed by atoms with van der Waals surface area (Å²) < 4.78 is 5.28. The Labute approximate surface area is 105 Å². The average Bonchev–Trinajstić information content (AvgIpc) is 2.89. The minimum absolute atomic E-state index is 0.0439. The van der Waals surface area contributed by atoms with Crippen LogP contribution in [0.1, 0.15) is 12.8 Å². The number of carbonyl (C=O) groups is 2. The van der Waals surface area contributed by atoms with E-state index < -0.39 is 0 Å². The first-order valence-electron chi connectivity index (χ1n) is 5.97. The monoisotopic (exact) mass is 246 g/mol. The molecule has 1 aromatic rings. The van der Waals surface area contributed by atoms with E-state index in [0.717, 1.165) is 5.69 Å². The number of methoxy groups -OCH3 is 1. The van der Waals surface area contributed by atoms with Gasteiger partial charge in [0.2, 0.25) is 11.8 Å². The second kappa shape index (κ2) is 4.01. The van der Waals surface area contributed by atoms with E-state index in [-0.39, 0.29) is 24.5 Å². The molecule has 0 aliphatic carbocycles. The first-order chi connectivity index (χ1) is 8.72. The molecule has 2 aliphatic rings. The van der Waals surface area contributed by atoms with Crippen LogP contribution in [0.25, 0.3) is 0 Å². The van der Waals surface area contributed by atoms with Gasteiger partial charge in [-0.3, -0.25) is 14.5 Å². The Morgan fingerprint density at radius 1 is 1.22 bits per heavy atom. The number of benzene rings is 1. The SMILES string of the molecule is COc1ccccc1N1C(=O)CN2C(=O)CCC21. The Bertz CT molecular complexity index is 515. The van der Waals surface area contributed by atoms with Crippen molar-refractivity contribution in [1.29, 1.82) is 0 Å². The van der Waals surface area contributed by atoms with Crippen molar-refractivity contribution in [3.8, 4) is 5.75 Å². The highest BCUT2D eigenvalue weighted by molar-refractivity contribution is 6.02. The summed E-state index contributed by atoms with van der Waals surface area (Å²) >= 11 is 0. The molecule has 2 saturated heterocycles. The maximum absolute atomic E-state index is 12.1. The van der Waals surface area contributed by atoms with Gasteiger partial charge in [0.1, 0.15) is 18.5 Å². The number of amides is 2. The Kier molecular flexibility index (Phi) is 2.47. The number of nitrogens with zero attached hydrogens (tertiary/aromatic N) is 2. The minimum Gasteiger partial charge on any atom is -0.495 e. The lowest BCUT2D eigenvalue weighted by Gasteiger charge is -2.25. The van der Waals surface area contributed by atoms with Crippen molar-refractivity contribution >= 4 is 17.5 Å². The van der Waals surface area contributed by atoms with Crippen LogP contribution in [0.3, 0.4) is 0 Å². The molecule has 2 fully saturated rings. The van der Waals surface area contributed by atoms with Crippen molar-refractivity contribution in [2.24, 2.45) is 0 Å². The first-order valence-corrected chi connectivity index (χ1v) is 5.97. The number of para-hydroxylation sites is 2. The van der Waals surface area contributed by atoms with Gasteiger partial charge in [-0.1, -0.05) is 12.1 Å². The minimum atomic E-state index is -0.138. The summed E-state index contributed by atoms with van der Waals surface area (Å²) in [6, 6.07) is 7.40. The fourth-order valence-electron chi connectivity index (χ4n) is 2.69. The zero-order valence-electron chi connectivity index (χ0n) is 10.1. The summed E-state index contributed by atoms with van der Waals surface area (Å²) in [5.74, 6) is 0.676. The number of fused-ring (bicyclic) bond motifs is 1. The largest absolute Gasteiger partial charge is 0.495 e. The van der Waals surface area contributed by atoms with Gasteiger partial charge < -0.3 is 9.64 Å². The third-order valence-corrected chi connectivity index (χ3v) is 3.51. The van der Waals surface area contributed by atoms with Crippen LogP contribution < -0.4 is 9.64 Å². The van der Waals surface area contributed by atoms with Gasteiger partial charge in [-0.25, -0.2) is 0 Å². The molecule has 1 atom stereocenters. The number of ether oxygens (including phenoxy) is 1. The highest BCUT2D eigenvalue weighted by atomic mass is 16.5. The van der Waals surface area contributed by atoms with E-state index in [4.69, 9.17) is 4.74 Å². The predicted octanol–water partition coefficient (Wildman–Crippen LogP) is 0.990. The van der Waals surface area contributed by atoms with Crippen LogP contribution in [-0.2, 0) is 9.59 Å². The highest BCUT2D eigenvalue weighted by Crippen LogP contribution is 2.36. The van der Waals surface area contributed by atoms with E-state index in [2.05, 4.69) is 0 Å². The molecule has 2 amide bonds. The zero-order valence-corrected chi connectivity index (χ0v) is 10.1. The maximum Gasteiger partial charge on any atom is 0.248 e. The van der Waals surface area contributed by atoms with Gasteiger partial charge in [0.25, 0.3) is 0 Å². The Morgan fingerprint density at radius 3 is 2.78 bits per heavy atom.